The van der Waals surface area contributed by atoms with E-state index < -0.39 is 0 Å². The molecule has 1 aromatic carbocycles. The van der Waals surface area contributed by atoms with Crippen LogP contribution in [0.5, 0.6) is 5.75 Å². The Morgan fingerprint density at radius 3 is 2.82 bits per heavy atom. The van der Waals surface area contributed by atoms with E-state index in [2.05, 4.69) is 22.1 Å². The lowest BCUT2D eigenvalue weighted by molar-refractivity contribution is 0.416. The highest BCUT2D eigenvalue weighted by Gasteiger charge is 2.09. The minimum atomic E-state index is 0.131. The molecule has 0 aliphatic carbocycles. The number of aryl methyl sites for hydroxylation is 1. The van der Waals surface area contributed by atoms with Gasteiger partial charge in [-0.25, -0.2) is 4.98 Å². The van der Waals surface area contributed by atoms with Crippen molar-refractivity contribution < 1.29 is 4.74 Å². The van der Waals surface area contributed by atoms with E-state index in [0.29, 0.717) is 5.69 Å². The second kappa shape index (κ2) is 5.10. The normalized spacial score (nSPS) is 10.3. The van der Waals surface area contributed by atoms with Crippen molar-refractivity contribution in [3.05, 3.63) is 35.2 Å². The first-order valence-electron chi connectivity index (χ1n) is 5.27. The molecular formula is C12H12ClN3O. The predicted molar refractivity (Wildman–Crippen MR) is 66.2 cm³/mol. The molecule has 88 valence electrons. The van der Waals surface area contributed by atoms with Crippen molar-refractivity contribution in [2.45, 2.75) is 13.3 Å². The largest absolute Gasteiger partial charge is 0.496 e. The Labute approximate surface area is 105 Å². The van der Waals surface area contributed by atoms with E-state index in [0.717, 1.165) is 17.7 Å². The van der Waals surface area contributed by atoms with Crippen molar-refractivity contribution in [2.75, 3.05) is 7.11 Å². The molecule has 0 aliphatic heterocycles. The molecule has 2 rings (SSSR count). The van der Waals surface area contributed by atoms with E-state index in [9.17, 15) is 0 Å². The van der Waals surface area contributed by atoms with Crippen molar-refractivity contribution in [3.8, 4) is 17.0 Å². The van der Waals surface area contributed by atoms with Crippen LogP contribution in [0.3, 0.4) is 0 Å². The van der Waals surface area contributed by atoms with Crippen LogP contribution in [0, 0.1) is 0 Å². The summed E-state index contributed by atoms with van der Waals surface area (Å²) in [4.78, 5) is 4.14. The highest BCUT2D eigenvalue weighted by molar-refractivity contribution is 6.28. The fourth-order valence-electron chi connectivity index (χ4n) is 1.59. The molecule has 17 heavy (non-hydrogen) atoms. The van der Waals surface area contributed by atoms with Crippen molar-refractivity contribution in [1.29, 1.82) is 0 Å². The Kier molecular flexibility index (Phi) is 3.54. The van der Waals surface area contributed by atoms with Gasteiger partial charge >= 0.3 is 0 Å². The van der Waals surface area contributed by atoms with Crippen LogP contribution in [0.1, 0.15) is 12.5 Å². The number of rotatable bonds is 3. The standard InChI is InChI=1S/C12H12ClN3O/c1-3-8-4-5-11(17-2)9(6-8)10-7-14-16-12(13)15-10/h4-7H,3H2,1-2H3. The number of hydrogen-bond donors (Lipinski definition) is 0. The molecule has 0 aliphatic rings. The van der Waals surface area contributed by atoms with Gasteiger partial charge in [0.25, 0.3) is 0 Å². The average Bonchev–Trinajstić information content (AvgIpc) is 2.38. The van der Waals surface area contributed by atoms with Gasteiger partial charge in [0.05, 0.1) is 19.0 Å². The highest BCUT2D eigenvalue weighted by atomic mass is 35.5. The minimum absolute atomic E-state index is 0.131. The fourth-order valence-corrected chi connectivity index (χ4v) is 1.72. The third kappa shape index (κ3) is 2.53. The lowest BCUT2D eigenvalue weighted by Crippen LogP contribution is -1.95. The van der Waals surface area contributed by atoms with E-state index in [4.69, 9.17) is 16.3 Å². The predicted octanol–water partition coefficient (Wildman–Crippen LogP) is 2.76. The van der Waals surface area contributed by atoms with Gasteiger partial charge in [-0.05, 0) is 35.7 Å². The molecule has 1 aromatic heterocycles. The molecule has 0 N–H and O–H groups in total. The molecule has 0 saturated carbocycles. The van der Waals surface area contributed by atoms with Gasteiger partial charge in [-0.3, -0.25) is 0 Å². The number of hydrogen-bond acceptors (Lipinski definition) is 4. The topological polar surface area (TPSA) is 47.9 Å². The van der Waals surface area contributed by atoms with Crippen molar-refractivity contribution >= 4 is 11.6 Å². The first-order valence-corrected chi connectivity index (χ1v) is 5.65. The Morgan fingerprint density at radius 2 is 2.18 bits per heavy atom. The van der Waals surface area contributed by atoms with Crippen LogP contribution in [-0.4, -0.2) is 22.3 Å². The number of aromatic nitrogens is 3. The Bertz CT molecular complexity index is 531. The van der Waals surface area contributed by atoms with Crippen LogP contribution < -0.4 is 4.74 Å². The molecule has 0 bridgehead atoms. The summed E-state index contributed by atoms with van der Waals surface area (Å²) in [6.45, 7) is 2.09. The number of methoxy groups -OCH3 is 1. The van der Waals surface area contributed by atoms with Gasteiger partial charge in [-0.1, -0.05) is 13.0 Å². The number of benzene rings is 1. The third-order valence-electron chi connectivity index (χ3n) is 2.48. The van der Waals surface area contributed by atoms with Crippen LogP contribution in [0.2, 0.25) is 5.28 Å². The summed E-state index contributed by atoms with van der Waals surface area (Å²) in [6, 6.07) is 5.97. The molecule has 0 amide bonds. The van der Waals surface area contributed by atoms with Crippen molar-refractivity contribution in [1.82, 2.24) is 15.2 Å². The number of ether oxygens (including phenoxy) is 1. The van der Waals surface area contributed by atoms with Crippen LogP contribution in [0.15, 0.2) is 24.4 Å². The molecule has 0 spiro atoms. The summed E-state index contributed by atoms with van der Waals surface area (Å²) in [5.41, 5.74) is 2.75. The zero-order valence-corrected chi connectivity index (χ0v) is 10.4. The molecule has 4 nitrogen and oxygen atoms in total. The van der Waals surface area contributed by atoms with Crippen molar-refractivity contribution in [2.24, 2.45) is 0 Å². The van der Waals surface area contributed by atoms with E-state index >= 15 is 0 Å². The maximum Gasteiger partial charge on any atom is 0.243 e. The summed E-state index contributed by atoms with van der Waals surface area (Å²) >= 11 is 5.74. The van der Waals surface area contributed by atoms with E-state index in [1.165, 1.54) is 5.56 Å². The van der Waals surface area contributed by atoms with Gasteiger partial charge in [-0.2, -0.15) is 5.10 Å². The summed E-state index contributed by atoms with van der Waals surface area (Å²) in [5.74, 6) is 0.749. The maximum absolute atomic E-state index is 5.74. The third-order valence-corrected chi connectivity index (χ3v) is 2.64. The van der Waals surface area contributed by atoms with Gasteiger partial charge in [0.2, 0.25) is 5.28 Å². The fraction of sp³-hybridized carbons (Fsp3) is 0.250. The van der Waals surface area contributed by atoms with E-state index in [1.807, 2.05) is 18.2 Å². The summed E-state index contributed by atoms with van der Waals surface area (Å²) < 4.78 is 5.31. The van der Waals surface area contributed by atoms with Crippen LogP contribution >= 0.6 is 11.6 Å². The molecule has 1 heterocycles. The summed E-state index contributed by atoms with van der Waals surface area (Å²) in [7, 11) is 1.63. The smallest absolute Gasteiger partial charge is 0.243 e. The monoisotopic (exact) mass is 249 g/mol. The molecular weight excluding hydrogens is 238 g/mol. The average molecular weight is 250 g/mol. The number of halogens is 1. The van der Waals surface area contributed by atoms with Crippen LogP contribution in [0.4, 0.5) is 0 Å². The Morgan fingerprint density at radius 1 is 1.35 bits per heavy atom. The first-order chi connectivity index (χ1) is 8.24. The molecule has 0 saturated heterocycles. The van der Waals surface area contributed by atoms with Crippen molar-refractivity contribution in [3.63, 3.8) is 0 Å². The quantitative estimate of drug-likeness (QED) is 0.839. The Balaban J connectivity index is 2.56. The van der Waals surface area contributed by atoms with Crippen LogP contribution in [-0.2, 0) is 6.42 Å². The minimum Gasteiger partial charge on any atom is -0.496 e. The number of nitrogens with zero attached hydrogens (tertiary/aromatic N) is 3. The van der Waals surface area contributed by atoms with E-state index in [-0.39, 0.29) is 5.28 Å². The molecule has 0 radical (unpaired) electrons. The lowest BCUT2D eigenvalue weighted by atomic mass is 10.1. The van der Waals surface area contributed by atoms with Crippen LogP contribution in [0.25, 0.3) is 11.3 Å². The zero-order valence-electron chi connectivity index (χ0n) is 9.64. The maximum atomic E-state index is 5.74. The molecule has 0 atom stereocenters. The SMILES string of the molecule is CCc1ccc(OC)c(-c2cnnc(Cl)n2)c1. The van der Waals surface area contributed by atoms with Gasteiger partial charge in [0.1, 0.15) is 5.75 Å². The van der Waals surface area contributed by atoms with Gasteiger partial charge in [0, 0.05) is 5.56 Å². The highest BCUT2D eigenvalue weighted by Crippen LogP contribution is 2.29. The molecule has 0 unspecified atom stereocenters. The van der Waals surface area contributed by atoms with Gasteiger partial charge in [0.15, 0.2) is 0 Å². The second-order valence-corrected chi connectivity index (χ2v) is 3.84. The zero-order chi connectivity index (χ0) is 12.3. The molecule has 0 fully saturated rings. The Hall–Kier alpha value is -1.68. The summed E-state index contributed by atoms with van der Waals surface area (Å²) in [6.07, 6.45) is 2.52. The molecule has 5 heteroatoms. The first kappa shape index (κ1) is 11.8. The van der Waals surface area contributed by atoms with Gasteiger partial charge in [-0.15, -0.1) is 5.10 Å². The summed E-state index contributed by atoms with van der Waals surface area (Å²) in [5, 5.41) is 7.55. The lowest BCUT2D eigenvalue weighted by Gasteiger charge is -2.09. The molecule has 2 aromatic rings. The second-order valence-electron chi connectivity index (χ2n) is 3.50. The van der Waals surface area contributed by atoms with E-state index in [1.54, 1.807) is 13.3 Å². The van der Waals surface area contributed by atoms with Gasteiger partial charge < -0.3 is 4.74 Å².